The molecule has 0 aliphatic carbocycles. The predicted octanol–water partition coefficient (Wildman–Crippen LogP) is 1.10. The second-order valence-corrected chi connectivity index (χ2v) is 21.2. The SMILES string of the molecule is C/C1=C2/N/C(=C\C3=NC(=C(/C)C4=N[C@@](C)(C5N=C1[C@](C)(CCC(=O)NC[C@H](C)O)[C@H]5CC(N)=O)[C@@](C)(CC(N)=O)[C@@H]4CCC(N)=O)/[C@@](C)(CC(N)=O)[C@@H]3CCC(N)=O)C(C)(C)[C@@H]2CCC(N)=O.O.[C-]#N.[C-]#N.[Co+2]. The van der Waals surface area contributed by atoms with E-state index < -0.39 is 92.5 Å². The number of carbonyl (C=O) groups is 7. The minimum Gasteiger partial charge on any atom is -0.512 e. The van der Waals surface area contributed by atoms with Gasteiger partial charge in [0.15, 0.2) is 0 Å². The second-order valence-electron chi connectivity index (χ2n) is 21.2. The van der Waals surface area contributed by atoms with Crippen molar-refractivity contribution < 1.29 is 60.9 Å². The number of fused-ring (bicyclic) bond motifs is 6. The molecule has 8 bridgehead atoms. The Hall–Kier alpha value is -6.27. The molecule has 23 heteroatoms. The predicted molar refractivity (Wildman–Crippen MR) is 267 cm³/mol. The summed E-state index contributed by atoms with van der Waals surface area (Å²) in [5.74, 6) is -6.27. The summed E-state index contributed by atoms with van der Waals surface area (Å²) in [4.78, 5) is 108. The van der Waals surface area contributed by atoms with Crippen LogP contribution in [0.1, 0.15) is 133 Å². The molecule has 5 aliphatic heterocycles. The van der Waals surface area contributed by atoms with Gasteiger partial charge in [-0.2, -0.15) is 0 Å². The molecule has 0 aromatic rings. The van der Waals surface area contributed by atoms with E-state index in [2.05, 4.69) is 10.6 Å². The Morgan fingerprint density at radius 2 is 1.25 bits per heavy atom. The Balaban J connectivity index is 0.00000433. The second kappa shape index (κ2) is 25.1. The molecular formula is C50H75CoN13O9. The molecule has 5 aliphatic rings. The maximum Gasteiger partial charge on any atom is 2.00 e. The molecular weight excluding hydrogens is 986 g/mol. The molecule has 0 aromatic heterocycles. The van der Waals surface area contributed by atoms with E-state index in [0.717, 1.165) is 5.70 Å². The van der Waals surface area contributed by atoms with Crippen LogP contribution in [0.5, 0.6) is 0 Å². The minimum atomic E-state index is -1.39. The molecule has 17 N–H and O–H groups in total. The molecule has 73 heavy (non-hydrogen) atoms. The van der Waals surface area contributed by atoms with E-state index in [4.69, 9.17) is 73.0 Å². The van der Waals surface area contributed by atoms with E-state index in [1.165, 1.54) is 0 Å². The Morgan fingerprint density at radius 1 is 0.740 bits per heavy atom. The van der Waals surface area contributed by atoms with E-state index >= 15 is 0 Å². The Bertz CT molecular complexity index is 2420. The van der Waals surface area contributed by atoms with Gasteiger partial charge in [-0.05, 0) is 70.6 Å². The van der Waals surface area contributed by atoms with Crippen molar-refractivity contribution in [1.82, 2.24) is 10.6 Å². The largest absolute Gasteiger partial charge is 2.00 e. The number of aliphatic imine (C=N–C) groups is 3. The van der Waals surface area contributed by atoms with E-state index in [9.17, 15) is 38.7 Å². The summed E-state index contributed by atoms with van der Waals surface area (Å²) in [5, 5.41) is 29.0. The number of hydrogen-bond donors (Lipinski definition) is 9. The third kappa shape index (κ3) is 12.9. The number of aliphatic hydroxyl groups is 1. The van der Waals surface area contributed by atoms with Gasteiger partial charge >= 0.3 is 16.8 Å². The number of nitrogens with zero attached hydrogens (tertiary/aromatic N) is 5. The molecule has 5 heterocycles. The monoisotopic (exact) mass is 1060 g/mol. The first-order valence-electron chi connectivity index (χ1n) is 23.7. The van der Waals surface area contributed by atoms with Crippen LogP contribution in [0.25, 0.3) is 0 Å². The van der Waals surface area contributed by atoms with E-state index in [-0.39, 0.29) is 105 Å². The molecule has 10 atom stereocenters. The van der Waals surface area contributed by atoms with Crippen LogP contribution in [-0.2, 0) is 50.3 Å². The van der Waals surface area contributed by atoms with Gasteiger partial charge in [0.2, 0.25) is 41.4 Å². The van der Waals surface area contributed by atoms with Crippen LogP contribution in [0, 0.1) is 69.0 Å². The zero-order valence-corrected chi connectivity index (χ0v) is 44.4. The van der Waals surface area contributed by atoms with Crippen LogP contribution in [0.3, 0.4) is 0 Å². The fraction of sp³-hybridized carbons (Fsp3) is 0.640. The molecule has 1 unspecified atom stereocenters. The molecule has 0 aromatic carbocycles. The molecule has 22 nitrogen and oxygen atoms in total. The Kier molecular flexibility index (Phi) is 22.3. The summed E-state index contributed by atoms with van der Waals surface area (Å²) in [5.41, 5.74) is 34.9. The van der Waals surface area contributed by atoms with Crippen molar-refractivity contribution in [1.29, 1.82) is 10.5 Å². The summed E-state index contributed by atoms with van der Waals surface area (Å²) < 4.78 is 0. The van der Waals surface area contributed by atoms with Crippen LogP contribution in [0.15, 0.2) is 49.3 Å². The number of nitrogens with one attached hydrogen (secondary N) is 2. The maximum absolute atomic E-state index is 13.5. The molecule has 0 spiro atoms. The van der Waals surface area contributed by atoms with Gasteiger partial charge in [-0.15, -0.1) is 0 Å². The van der Waals surface area contributed by atoms with Crippen molar-refractivity contribution >= 4 is 58.5 Å². The zero-order valence-electron chi connectivity index (χ0n) is 43.4. The first-order chi connectivity index (χ1) is 32.9. The summed E-state index contributed by atoms with van der Waals surface area (Å²) in [6, 6.07) is -0.909. The number of primary amides is 6. The average Bonchev–Trinajstić information content (AvgIpc) is 3.88. The van der Waals surface area contributed by atoms with Gasteiger partial charge in [-0.25, -0.2) is 0 Å². The first kappa shape index (κ1) is 64.7. The number of carbonyl (C=O) groups excluding carboxylic acids is 7. The van der Waals surface area contributed by atoms with Gasteiger partial charge in [0.25, 0.3) is 0 Å². The minimum absolute atomic E-state index is 0. The van der Waals surface area contributed by atoms with E-state index in [0.29, 0.717) is 46.1 Å². The fourth-order valence-corrected chi connectivity index (χ4v) is 12.3. The summed E-state index contributed by atoms with van der Waals surface area (Å²) in [6.45, 7) is 26.5. The third-order valence-electron chi connectivity index (χ3n) is 16.1. The van der Waals surface area contributed by atoms with Gasteiger partial charge < -0.3 is 79.3 Å². The molecule has 7 amide bonds. The van der Waals surface area contributed by atoms with Crippen molar-refractivity contribution in [2.75, 3.05) is 6.54 Å². The Labute approximate surface area is 438 Å². The summed E-state index contributed by atoms with van der Waals surface area (Å²) in [7, 11) is 0. The maximum atomic E-state index is 13.5. The van der Waals surface area contributed by atoms with Crippen molar-refractivity contribution in [2.45, 2.75) is 151 Å². The van der Waals surface area contributed by atoms with Gasteiger partial charge in [0, 0.05) is 125 Å². The smallest absolute Gasteiger partial charge is 0.512 e. The number of allylic oxidation sites excluding steroid dienone is 6. The summed E-state index contributed by atoms with van der Waals surface area (Å²) in [6.07, 6.45) is 1.21. The molecule has 5 rings (SSSR count). The van der Waals surface area contributed by atoms with Crippen LogP contribution in [-0.4, -0.2) is 93.3 Å². The van der Waals surface area contributed by atoms with Gasteiger partial charge in [0.05, 0.1) is 23.4 Å². The standard InChI is InChI=1S/C48H73N11O8.2CN.Co.H2O/c1-23(60)22-55-38(67)16-17-45(6)29(18-35(52)64)43-48(9)47(8,21-37(54)66)28(12-15-34(51)63)40(59-48)25(3)42-46(7,20-36(53)65)26(10-13-32(49)61)30(56-42)19-31-44(4,5)27(11-14-33(50)62)39(57-31)24(2)41(45)58-43;2*1-2;;/h19,23,26-29,43,57,60H,10-18,20-22H2,1-9H3,(H2,49,61)(H2,50,62)(H2,51,63)(H2,52,64)(H2,53,65)(H2,54,66)(H,55,67);;;;1H2/q;2*-1;+2;/b31-19-,39-24-,42-25-;;;;/t23-,26+,27+,28+,29-,43?,45+,46-,47-,48-;;;;/m0..../s1. The third-order valence-corrected chi connectivity index (χ3v) is 16.1. The van der Waals surface area contributed by atoms with Gasteiger partial charge in [0.1, 0.15) is 0 Å². The summed E-state index contributed by atoms with van der Waals surface area (Å²) >= 11 is 0. The average molecular weight is 1060 g/mol. The van der Waals surface area contributed by atoms with E-state index in [1.54, 1.807) is 6.92 Å². The molecule has 0 saturated carbocycles. The zero-order chi connectivity index (χ0) is 54.4. The number of rotatable bonds is 20. The number of aliphatic hydroxyl groups excluding tert-OH is 1. The number of hydrogen-bond acceptors (Lipinski definition) is 14. The Morgan fingerprint density at radius 3 is 1.73 bits per heavy atom. The van der Waals surface area contributed by atoms with Crippen molar-refractivity contribution in [3.8, 4) is 0 Å². The van der Waals surface area contributed by atoms with Crippen LogP contribution in [0.2, 0.25) is 0 Å². The fourth-order valence-electron chi connectivity index (χ4n) is 12.3. The number of amides is 7. The molecule has 403 valence electrons. The van der Waals surface area contributed by atoms with Crippen LogP contribution >= 0.6 is 0 Å². The molecule has 1 radical (unpaired) electrons. The van der Waals surface area contributed by atoms with Crippen molar-refractivity contribution in [2.24, 2.45) is 94.7 Å². The molecule has 1 saturated heterocycles. The van der Waals surface area contributed by atoms with Crippen molar-refractivity contribution in [3.05, 3.63) is 47.5 Å². The van der Waals surface area contributed by atoms with E-state index in [1.807, 2.05) is 61.5 Å². The normalized spacial score (nSPS) is 32.3. The van der Waals surface area contributed by atoms with Gasteiger partial charge in [-0.1, -0.05) is 34.6 Å². The number of nitrogens with two attached hydrogens (primary N) is 6. The quantitative estimate of drug-likeness (QED) is 0.0778. The first-order valence-corrected chi connectivity index (χ1v) is 23.7. The topological polar surface area (TPSA) is 436 Å². The van der Waals surface area contributed by atoms with Crippen molar-refractivity contribution in [3.63, 3.8) is 0 Å². The van der Waals surface area contributed by atoms with Gasteiger partial charge in [-0.3, -0.25) is 48.5 Å². The van der Waals surface area contributed by atoms with Crippen LogP contribution < -0.4 is 45.0 Å². The van der Waals surface area contributed by atoms with Crippen LogP contribution in [0.4, 0.5) is 0 Å². The molecule has 1 fully saturated rings.